The second-order valence-electron chi connectivity index (χ2n) is 6.16. The smallest absolute Gasteiger partial charge is 0.270 e. The molecule has 8 nitrogen and oxygen atoms in total. The highest BCUT2D eigenvalue weighted by atomic mass is 16.6. The number of hydrogen-bond donors (Lipinski definition) is 1. The zero-order chi connectivity index (χ0) is 18.2. The molecule has 0 saturated carbocycles. The number of nitro benzene ring substituents is 1. The van der Waals surface area contributed by atoms with Gasteiger partial charge in [-0.3, -0.25) is 24.7 Å². The van der Waals surface area contributed by atoms with Crippen molar-refractivity contribution >= 4 is 11.6 Å². The summed E-state index contributed by atoms with van der Waals surface area (Å²) in [5.74, 6) is 0.725. The number of nitro groups is 1. The second kappa shape index (κ2) is 9.33. The third-order valence-corrected chi connectivity index (χ3v) is 4.27. The Labute approximate surface area is 147 Å². The predicted octanol–water partition coefficient (Wildman–Crippen LogP) is 1.25. The fraction of sp³-hybridized carbons (Fsp3) is 0.588. The third kappa shape index (κ3) is 5.68. The van der Waals surface area contributed by atoms with E-state index in [1.54, 1.807) is 19.2 Å². The summed E-state index contributed by atoms with van der Waals surface area (Å²) in [4.78, 5) is 26.7. The lowest BCUT2D eigenvalue weighted by molar-refractivity contribution is -0.385. The number of carbonyl (C=O) groups excluding carboxylic acids is 1. The van der Waals surface area contributed by atoms with Crippen molar-refractivity contribution < 1.29 is 14.5 Å². The fourth-order valence-electron chi connectivity index (χ4n) is 2.87. The Balaban J connectivity index is 1.88. The van der Waals surface area contributed by atoms with E-state index in [1.807, 2.05) is 6.92 Å². The Morgan fingerprint density at radius 1 is 1.28 bits per heavy atom. The van der Waals surface area contributed by atoms with Crippen LogP contribution in [-0.2, 0) is 11.3 Å². The van der Waals surface area contributed by atoms with Gasteiger partial charge in [0, 0.05) is 57.0 Å². The van der Waals surface area contributed by atoms with Gasteiger partial charge < -0.3 is 10.1 Å². The number of benzene rings is 1. The topological polar surface area (TPSA) is 88.0 Å². The number of non-ortho nitro benzene ring substituents is 1. The minimum Gasteiger partial charge on any atom is -0.496 e. The first-order valence-electron chi connectivity index (χ1n) is 8.56. The molecule has 2 rings (SSSR count). The highest BCUT2D eigenvalue weighted by molar-refractivity contribution is 5.77. The number of methoxy groups -OCH3 is 1. The van der Waals surface area contributed by atoms with Gasteiger partial charge in [0.15, 0.2) is 0 Å². The van der Waals surface area contributed by atoms with Crippen LogP contribution in [0.5, 0.6) is 5.75 Å². The van der Waals surface area contributed by atoms with Gasteiger partial charge in [0.1, 0.15) is 5.75 Å². The molecule has 1 aliphatic rings. The van der Waals surface area contributed by atoms with Gasteiger partial charge in [0.05, 0.1) is 18.6 Å². The number of rotatable bonds is 8. The highest BCUT2D eigenvalue weighted by Crippen LogP contribution is 2.25. The number of nitrogens with one attached hydrogen (secondary N) is 1. The number of ether oxygens (including phenoxy) is 1. The molecule has 1 heterocycles. The lowest BCUT2D eigenvalue weighted by Crippen LogP contribution is -2.49. The van der Waals surface area contributed by atoms with Crippen LogP contribution >= 0.6 is 0 Å². The molecule has 138 valence electrons. The van der Waals surface area contributed by atoms with Crippen molar-refractivity contribution in [3.8, 4) is 5.75 Å². The Kier molecular flexibility index (Phi) is 7.15. The number of carbonyl (C=O) groups is 1. The van der Waals surface area contributed by atoms with Crippen molar-refractivity contribution in [2.24, 2.45) is 0 Å². The van der Waals surface area contributed by atoms with E-state index in [1.165, 1.54) is 6.07 Å². The first kappa shape index (κ1) is 19.1. The Bertz CT molecular complexity index is 600. The second-order valence-corrected chi connectivity index (χ2v) is 6.16. The van der Waals surface area contributed by atoms with Gasteiger partial charge in [-0.05, 0) is 12.5 Å². The van der Waals surface area contributed by atoms with Gasteiger partial charge >= 0.3 is 0 Å². The minimum atomic E-state index is -0.393. The third-order valence-electron chi connectivity index (χ3n) is 4.27. The summed E-state index contributed by atoms with van der Waals surface area (Å²) in [7, 11) is 1.57. The molecule has 0 atom stereocenters. The SMILES string of the molecule is CCCNC(=O)CN1CCN(Cc2cc([N+](=O)[O-])ccc2OC)CC1. The number of hydrogen-bond acceptors (Lipinski definition) is 6. The number of nitrogens with zero attached hydrogens (tertiary/aromatic N) is 3. The zero-order valence-electron chi connectivity index (χ0n) is 14.9. The van der Waals surface area contributed by atoms with Crippen molar-refractivity contribution in [2.75, 3.05) is 46.4 Å². The van der Waals surface area contributed by atoms with E-state index >= 15 is 0 Å². The average Bonchev–Trinajstić information content (AvgIpc) is 2.61. The van der Waals surface area contributed by atoms with Gasteiger partial charge in [-0.1, -0.05) is 6.92 Å². The van der Waals surface area contributed by atoms with Gasteiger partial charge in [0.25, 0.3) is 5.69 Å². The van der Waals surface area contributed by atoms with Crippen LogP contribution < -0.4 is 10.1 Å². The van der Waals surface area contributed by atoms with E-state index in [0.717, 1.165) is 38.2 Å². The predicted molar refractivity (Wildman–Crippen MR) is 94.7 cm³/mol. The Morgan fingerprint density at radius 3 is 2.56 bits per heavy atom. The van der Waals surface area contributed by atoms with Crippen LogP contribution in [0.4, 0.5) is 5.69 Å². The summed E-state index contributed by atoms with van der Waals surface area (Å²) in [5.41, 5.74) is 0.882. The maximum Gasteiger partial charge on any atom is 0.270 e. The van der Waals surface area contributed by atoms with Crippen molar-refractivity contribution in [1.29, 1.82) is 0 Å². The van der Waals surface area contributed by atoms with Crippen LogP contribution in [0.3, 0.4) is 0 Å². The van der Waals surface area contributed by atoms with Crippen LogP contribution in [0.1, 0.15) is 18.9 Å². The van der Waals surface area contributed by atoms with Gasteiger partial charge in [-0.25, -0.2) is 0 Å². The van der Waals surface area contributed by atoms with Crippen LogP contribution in [0.2, 0.25) is 0 Å². The molecular weight excluding hydrogens is 324 g/mol. The van der Waals surface area contributed by atoms with Crippen molar-refractivity contribution in [1.82, 2.24) is 15.1 Å². The molecule has 0 aliphatic carbocycles. The molecule has 0 unspecified atom stereocenters. The van der Waals surface area contributed by atoms with Crippen LogP contribution in [0.15, 0.2) is 18.2 Å². The summed E-state index contributed by atoms with van der Waals surface area (Å²) in [6.45, 7) is 6.99. The van der Waals surface area contributed by atoms with E-state index in [-0.39, 0.29) is 11.6 Å². The van der Waals surface area contributed by atoms with E-state index in [9.17, 15) is 14.9 Å². The van der Waals surface area contributed by atoms with Crippen molar-refractivity contribution in [2.45, 2.75) is 19.9 Å². The largest absolute Gasteiger partial charge is 0.496 e. The van der Waals surface area contributed by atoms with Crippen LogP contribution in [0.25, 0.3) is 0 Å². The van der Waals surface area contributed by atoms with Crippen molar-refractivity contribution in [3.63, 3.8) is 0 Å². The summed E-state index contributed by atoms with van der Waals surface area (Å²) in [5, 5.41) is 13.9. The molecule has 1 amide bonds. The number of amides is 1. The molecular formula is C17H26N4O4. The minimum absolute atomic E-state index is 0.0654. The molecule has 1 aromatic carbocycles. The standard InChI is InChI=1S/C17H26N4O4/c1-3-6-18-17(22)13-20-9-7-19(8-10-20)12-14-11-15(21(23)24)4-5-16(14)25-2/h4-5,11H,3,6-10,12-13H2,1-2H3,(H,18,22). The molecule has 0 spiro atoms. The molecule has 1 aromatic rings. The van der Waals surface area contributed by atoms with Crippen LogP contribution in [-0.4, -0.2) is 67.0 Å². The summed E-state index contributed by atoms with van der Waals surface area (Å²) < 4.78 is 5.32. The average molecular weight is 350 g/mol. The molecule has 0 bridgehead atoms. The van der Waals surface area contributed by atoms with E-state index < -0.39 is 4.92 Å². The van der Waals surface area contributed by atoms with Crippen molar-refractivity contribution in [3.05, 3.63) is 33.9 Å². The van der Waals surface area contributed by atoms with Gasteiger partial charge in [0.2, 0.25) is 5.91 Å². The normalized spacial score (nSPS) is 15.8. The molecule has 1 N–H and O–H groups in total. The van der Waals surface area contributed by atoms with Gasteiger partial charge in [-0.15, -0.1) is 0 Å². The molecule has 1 fully saturated rings. The molecule has 1 aliphatic heterocycles. The Morgan fingerprint density at radius 2 is 1.96 bits per heavy atom. The van der Waals surface area contributed by atoms with E-state index in [4.69, 9.17) is 4.74 Å². The molecule has 0 aromatic heterocycles. The van der Waals surface area contributed by atoms with Gasteiger partial charge in [-0.2, -0.15) is 0 Å². The first-order chi connectivity index (χ1) is 12.0. The first-order valence-corrected chi connectivity index (χ1v) is 8.56. The molecule has 0 radical (unpaired) electrons. The lowest BCUT2D eigenvalue weighted by atomic mass is 10.1. The summed E-state index contributed by atoms with van der Waals surface area (Å²) in [6.07, 6.45) is 0.935. The fourth-order valence-corrected chi connectivity index (χ4v) is 2.87. The molecule has 1 saturated heterocycles. The monoisotopic (exact) mass is 350 g/mol. The van der Waals surface area contributed by atoms with Crippen LogP contribution in [0, 0.1) is 10.1 Å². The lowest BCUT2D eigenvalue weighted by Gasteiger charge is -2.34. The zero-order valence-corrected chi connectivity index (χ0v) is 14.9. The summed E-state index contributed by atoms with van der Waals surface area (Å²) in [6, 6.07) is 4.67. The summed E-state index contributed by atoms with van der Waals surface area (Å²) >= 11 is 0. The van der Waals surface area contributed by atoms with E-state index in [2.05, 4.69) is 15.1 Å². The molecule has 25 heavy (non-hydrogen) atoms. The molecule has 8 heteroatoms. The quantitative estimate of drug-likeness (QED) is 0.561. The maximum absolute atomic E-state index is 11.8. The number of piperazine rings is 1. The van der Waals surface area contributed by atoms with E-state index in [0.29, 0.717) is 25.4 Å². The Hall–Kier alpha value is -2.19. The maximum atomic E-state index is 11.8. The highest BCUT2D eigenvalue weighted by Gasteiger charge is 2.21.